The Morgan fingerprint density at radius 3 is 2.36 bits per heavy atom. The van der Waals surface area contributed by atoms with Gasteiger partial charge in [0.25, 0.3) is 0 Å². The molecule has 0 saturated carbocycles. The smallest absolute Gasteiger partial charge is 0.216 e. The Balaban J connectivity index is 3.16. The van der Waals surface area contributed by atoms with Crippen LogP contribution in [0.4, 0.5) is 0 Å². The standard InChI is InChI=1S/C10H21NO3/c1-9(14)11-6-4-2-3-5-10(7-12)8-13/h10,12-13H,2-8H2,1H3,(H,11,14). The maximum absolute atomic E-state index is 10.5. The fourth-order valence-corrected chi connectivity index (χ4v) is 1.24. The summed E-state index contributed by atoms with van der Waals surface area (Å²) in [6.07, 6.45) is 3.83. The third kappa shape index (κ3) is 8.01. The van der Waals surface area contributed by atoms with E-state index in [1.165, 1.54) is 6.92 Å². The molecule has 0 spiro atoms. The van der Waals surface area contributed by atoms with Crippen molar-refractivity contribution in [1.82, 2.24) is 5.32 Å². The van der Waals surface area contributed by atoms with E-state index in [0.717, 1.165) is 32.2 Å². The molecule has 3 N–H and O–H groups in total. The van der Waals surface area contributed by atoms with Gasteiger partial charge in [-0.2, -0.15) is 0 Å². The van der Waals surface area contributed by atoms with Crippen LogP contribution < -0.4 is 5.32 Å². The van der Waals surface area contributed by atoms with Gasteiger partial charge in [0.2, 0.25) is 5.91 Å². The molecule has 0 rings (SSSR count). The van der Waals surface area contributed by atoms with E-state index in [-0.39, 0.29) is 25.0 Å². The zero-order valence-electron chi connectivity index (χ0n) is 8.83. The highest BCUT2D eigenvalue weighted by Gasteiger charge is 2.04. The molecule has 0 fully saturated rings. The average molecular weight is 203 g/mol. The fourth-order valence-electron chi connectivity index (χ4n) is 1.24. The molecule has 0 aromatic heterocycles. The Morgan fingerprint density at radius 2 is 1.86 bits per heavy atom. The Morgan fingerprint density at radius 1 is 1.21 bits per heavy atom. The van der Waals surface area contributed by atoms with Crippen molar-refractivity contribution in [2.75, 3.05) is 19.8 Å². The van der Waals surface area contributed by atoms with Crippen LogP contribution in [0.25, 0.3) is 0 Å². The summed E-state index contributed by atoms with van der Waals surface area (Å²) < 4.78 is 0. The van der Waals surface area contributed by atoms with Gasteiger partial charge in [-0.25, -0.2) is 0 Å². The second kappa shape index (κ2) is 8.97. The lowest BCUT2D eigenvalue weighted by atomic mass is 10.0. The summed E-state index contributed by atoms with van der Waals surface area (Å²) in [4.78, 5) is 10.5. The third-order valence-corrected chi connectivity index (χ3v) is 2.18. The first kappa shape index (κ1) is 13.4. The summed E-state index contributed by atoms with van der Waals surface area (Å²) >= 11 is 0. The lowest BCUT2D eigenvalue weighted by Crippen LogP contribution is -2.20. The van der Waals surface area contributed by atoms with E-state index in [1.54, 1.807) is 0 Å². The number of nitrogens with one attached hydrogen (secondary N) is 1. The molecule has 0 aliphatic heterocycles. The Labute approximate surface area is 85.3 Å². The molecule has 1 amide bonds. The van der Waals surface area contributed by atoms with Crippen LogP contribution in [0.3, 0.4) is 0 Å². The topological polar surface area (TPSA) is 69.6 Å². The second-order valence-corrected chi connectivity index (χ2v) is 3.56. The predicted octanol–water partition coefficient (Wildman–Crippen LogP) is 0.284. The normalized spacial score (nSPS) is 10.6. The SMILES string of the molecule is CC(=O)NCCCCCC(CO)CO. The Bertz CT molecular complexity index is 146. The molecule has 0 aromatic rings. The number of aliphatic hydroxyl groups is 2. The fraction of sp³-hybridized carbons (Fsp3) is 0.900. The monoisotopic (exact) mass is 203 g/mol. The van der Waals surface area contributed by atoms with Gasteiger partial charge in [-0.1, -0.05) is 12.8 Å². The number of hydrogen-bond acceptors (Lipinski definition) is 3. The highest BCUT2D eigenvalue weighted by atomic mass is 16.3. The molecular weight excluding hydrogens is 182 g/mol. The van der Waals surface area contributed by atoms with E-state index < -0.39 is 0 Å². The molecule has 0 bridgehead atoms. The van der Waals surface area contributed by atoms with Crippen LogP contribution in [0, 0.1) is 5.92 Å². The van der Waals surface area contributed by atoms with Crippen molar-refractivity contribution in [1.29, 1.82) is 0 Å². The molecule has 4 nitrogen and oxygen atoms in total. The first-order chi connectivity index (χ1) is 6.70. The number of carbonyl (C=O) groups is 1. The first-order valence-electron chi connectivity index (χ1n) is 5.16. The van der Waals surface area contributed by atoms with Crippen molar-refractivity contribution in [3.05, 3.63) is 0 Å². The van der Waals surface area contributed by atoms with Crippen molar-refractivity contribution in [3.63, 3.8) is 0 Å². The van der Waals surface area contributed by atoms with E-state index in [0.29, 0.717) is 0 Å². The van der Waals surface area contributed by atoms with Crippen LogP contribution >= 0.6 is 0 Å². The highest BCUT2D eigenvalue weighted by Crippen LogP contribution is 2.08. The van der Waals surface area contributed by atoms with Crippen molar-refractivity contribution < 1.29 is 15.0 Å². The van der Waals surface area contributed by atoms with Crippen molar-refractivity contribution >= 4 is 5.91 Å². The molecule has 0 unspecified atom stereocenters. The highest BCUT2D eigenvalue weighted by molar-refractivity contribution is 5.72. The number of unbranched alkanes of at least 4 members (excludes halogenated alkanes) is 2. The zero-order valence-corrected chi connectivity index (χ0v) is 8.83. The van der Waals surface area contributed by atoms with Gasteiger partial charge in [0, 0.05) is 32.6 Å². The molecular formula is C10H21NO3. The van der Waals surface area contributed by atoms with E-state index in [1.807, 2.05) is 0 Å². The average Bonchev–Trinajstić information content (AvgIpc) is 2.16. The van der Waals surface area contributed by atoms with E-state index in [2.05, 4.69) is 5.32 Å². The molecule has 0 heterocycles. The summed E-state index contributed by atoms with van der Waals surface area (Å²) in [5, 5.41) is 20.3. The Hall–Kier alpha value is -0.610. The van der Waals surface area contributed by atoms with E-state index >= 15 is 0 Å². The maximum atomic E-state index is 10.5. The minimum Gasteiger partial charge on any atom is -0.396 e. The summed E-state index contributed by atoms with van der Waals surface area (Å²) in [7, 11) is 0. The molecule has 0 aliphatic rings. The van der Waals surface area contributed by atoms with Gasteiger partial charge in [0.15, 0.2) is 0 Å². The van der Waals surface area contributed by atoms with Crippen LogP contribution in [0.15, 0.2) is 0 Å². The van der Waals surface area contributed by atoms with Crippen molar-refractivity contribution in [2.45, 2.75) is 32.6 Å². The molecule has 0 radical (unpaired) electrons. The molecule has 0 atom stereocenters. The van der Waals surface area contributed by atoms with Gasteiger partial charge in [-0.3, -0.25) is 4.79 Å². The predicted molar refractivity (Wildman–Crippen MR) is 54.8 cm³/mol. The molecule has 84 valence electrons. The number of carbonyl (C=O) groups excluding carboxylic acids is 1. The molecule has 0 aromatic carbocycles. The van der Waals surface area contributed by atoms with Crippen molar-refractivity contribution in [3.8, 4) is 0 Å². The Kier molecular flexibility index (Phi) is 8.57. The lowest BCUT2D eigenvalue weighted by Gasteiger charge is -2.09. The van der Waals surface area contributed by atoms with E-state index in [4.69, 9.17) is 10.2 Å². The maximum Gasteiger partial charge on any atom is 0.216 e. The number of rotatable bonds is 8. The zero-order chi connectivity index (χ0) is 10.8. The third-order valence-electron chi connectivity index (χ3n) is 2.18. The van der Waals surface area contributed by atoms with Gasteiger partial charge in [0.1, 0.15) is 0 Å². The summed E-state index contributed by atoms with van der Waals surface area (Å²) in [5.41, 5.74) is 0. The molecule has 0 aliphatic carbocycles. The first-order valence-corrected chi connectivity index (χ1v) is 5.16. The summed E-state index contributed by atoms with van der Waals surface area (Å²) in [5.74, 6) is 0.0318. The minimum absolute atomic E-state index is 0.00796. The molecule has 0 saturated heterocycles. The van der Waals surface area contributed by atoms with Gasteiger partial charge in [0.05, 0.1) is 0 Å². The van der Waals surface area contributed by atoms with Gasteiger partial charge in [-0.15, -0.1) is 0 Å². The lowest BCUT2D eigenvalue weighted by molar-refractivity contribution is -0.118. The van der Waals surface area contributed by atoms with Crippen LogP contribution in [0.5, 0.6) is 0 Å². The largest absolute Gasteiger partial charge is 0.396 e. The quantitative estimate of drug-likeness (QED) is 0.496. The number of amides is 1. The minimum atomic E-state index is 0.00796. The molecule has 14 heavy (non-hydrogen) atoms. The summed E-state index contributed by atoms with van der Waals surface area (Å²) in [6, 6.07) is 0. The summed E-state index contributed by atoms with van der Waals surface area (Å²) in [6.45, 7) is 2.34. The van der Waals surface area contributed by atoms with Crippen LogP contribution in [-0.4, -0.2) is 35.9 Å². The van der Waals surface area contributed by atoms with E-state index in [9.17, 15) is 4.79 Å². The van der Waals surface area contributed by atoms with Crippen LogP contribution in [0.2, 0.25) is 0 Å². The van der Waals surface area contributed by atoms with Crippen molar-refractivity contribution in [2.24, 2.45) is 5.92 Å². The second-order valence-electron chi connectivity index (χ2n) is 3.56. The van der Waals surface area contributed by atoms with Crippen LogP contribution in [0.1, 0.15) is 32.6 Å². The van der Waals surface area contributed by atoms with Gasteiger partial charge in [-0.05, 0) is 12.8 Å². The van der Waals surface area contributed by atoms with Crippen LogP contribution in [-0.2, 0) is 4.79 Å². The number of aliphatic hydroxyl groups excluding tert-OH is 2. The van der Waals surface area contributed by atoms with Gasteiger partial charge >= 0.3 is 0 Å². The van der Waals surface area contributed by atoms with Gasteiger partial charge < -0.3 is 15.5 Å². The molecule has 4 heteroatoms. The number of hydrogen-bond donors (Lipinski definition) is 3.